The molecule has 5 rings (SSSR count). The molecule has 4 bridgehead atoms. The smallest absolute Gasteiger partial charge is 0.220 e. The van der Waals surface area contributed by atoms with Gasteiger partial charge in [0.05, 0.1) is 0 Å². The number of rotatable bonds is 4. The first kappa shape index (κ1) is 13.1. The molecular weight excluding hydrogens is 248 g/mol. The van der Waals surface area contributed by atoms with E-state index in [1.807, 2.05) is 0 Å². The van der Waals surface area contributed by atoms with Crippen LogP contribution >= 0.6 is 0 Å². The molecule has 3 heteroatoms. The van der Waals surface area contributed by atoms with Crippen molar-refractivity contribution < 1.29 is 4.79 Å². The van der Waals surface area contributed by atoms with E-state index in [2.05, 4.69) is 10.6 Å². The molecule has 112 valence electrons. The van der Waals surface area contributed by atoms with E-state index in [1.165, 1.54) is 51.4 Å². The number of nitrogens with one attached hydrogen (secondary N) is 2. The quantitative estimate of drug-likeness (QED) is 0.828. The monoisotopic (exact) mass is 276 g/mol. The highest BCUT2D eigenvalue weighted by Gasteiger charge is 2.51. The van der Waals surface area contributed by atoms with Gasteiger partial charge in [-0.1, -0.05) is 0 Å². The lowest BCUT2D eigenvalue weighted by molar-refractivity contribution is -0.129. The molecule has 1 saturated heterocycles. The van der Waals surface area contributed by atoms with E-state index in [0.29, 0.717) is 17.4 Å². The highest BCUT2D eigenvalue weighted by Crippen LogP contribution is 2.61. The Balaban J connectivity index is 1.32. The fourth-order valence-electron chi connectivity index (χ4n) is 6.08. The van der Waals surface area contributed by atoms with Gasteiger partial charge in [0, 0.05) is 19.0 Å². The van der Waals surface area contributed by atoms with Crippen LogP contribution in [0, 0.1) is 23.2 Å². The fraction of sp³-hybridized carbons (Fsp3) is 0.941. The van der Waals surface area contributed by atoms with E-state index in [4.69, 9.17) is 0 Å². The van der Waals surface area contributed by atoms with Crippen molar-refractivity contribution in [2.45, 2.75) is 63.8 Å². The van der Waals surface area contributed by atoms with Crippen molar-refractivity contribution in [1.82, 2.24) is 10.6 Å². The molecule has 4 aliphatic carbocycles. The van der Waals surface area contributed by atoms with Gasteiger partial charge < -0.3 is 10.6 Å². The van der Waals surface area contributed by atoms with Crippen LogP contribution in [0.3, 0.4) is 0 Å². The first-order valence-corrected chi connectivity index (χ1v) is 8.71. The van der Waals surface area contributed by atoms with Crippen molar-refractivity contribution in [3.05, 3.63) is 0 Å². The van der Waals surface area contributed by atoms with Crippen molar-refractivity contribution in [2.75, 3.05) is 13.1 Å². The van der Waals surface area contributed by atoms with Crippen molar-refractivity contribution in [3.8, 4) is 0 Å². The minimum Gasteiger partial charge on any atom is -0.355 e. The molecule has 0 spiro atoms. The average molecular weight is 276 g/mol. The Hall–Kier alpha value is -0.570. The van der Waals surface area contributed by atoms with E-state index in [-0.39, 0.29) is 0 Å². The summed E-state index contributed by atoms with van der Waals surface area (Å²) in [5.41, 5.74) is 0.391. The predicted molar refractivity (Wildman–Crippen MR) is 79.3 cm³/mol. The van der Waals surface area contributed by atoms with Gasteiger partial charge in [0.25, 0.3) is 0 Å². The molecule has 0 aromatic rings. The van der Waals surface area contributed by atoms with Crippen LogP contribution in [0.5, 0.6) is 0 Å². The number of amides is 1. The molecule has 1 aliphatic heterocycles. The standard InChI is InChI=1S/C17H28N2O/c20-16(19-11-15-2-1-3-18-15)10-17-7-12-4-13(8-17)6-14(5-12)9-17/h12-15,18H,1-11H2,(H,19,20). The molecule has 2 N–H and O–H groups in total. The molecule has 1 heterocycles. The minimum absolute atomic E-state index is 0.320. The Morgan fingerprint density at radius 1 is 1.10 bits per heavy atom. The van der Waals surface area contributed by atoms with E-state index in [9.17, 15) is 4.79 Å². The van der Waals surface area contributed by atoms with Gasteiger partial charge in [-0.15, -0.1) is 0 Å². The number of carbonyl (C=O) groups is 1. The van der Waals surface area contributed by atoms with E-state index in [1.54, 1.807) is 0 Å². The van der Waals surface area contributed by atoms with Gasteiger partial charge in [-0.25, -0.2) is 0 Å². The number of hydrogen-bond donors (Lipinski definition) is 2. The summed E-state index contributed by atoms with van der Waals surface area (Å²) in [7, 11) is 0. The SMILES string of the molecule is O=C(CC12CC3CC(CC(C3)C1)C2)NCC1CCCN1. The molecule has 1 unspecified atom stereocenters. The molecule has 4 saturated carbocycles. The highest BCUT2D eigenvalue weighted by molar-refractivity contribution is 5.76. The van der Waals surface area contributed by atoms with Crippen LogP contribution in [-0.4, -0.2) is 25.0 Å². The van der Waals surface area contributed by atoms with E-state index >= 15 is 0 Å². The zero-order valence-corrected chi connectivity index (χ0v) is 12.5. The van der Waals surface area contributed by atoms with Crippen LogP contribution in [0.2, 0.25) is 0 Å². The zero-order chi connectivity index (χ0) is 13.6. The third kappa shape index (κ3) is 2.49. The Kier molecular flexibility index (Phi) is 3.29. The topological polar surface area (TPSA) is 41.1 Å². The lowest BCUT2D eigenvalue weighted by Gasteiger charge is -2.56. The fourth-order valence-corrected chi connectivity index (χ4v) is 6.08. The third-order valence-corrected chi connectivity index (χ3v) is 6.41. The first-order valence-electron chi connectivity index (χ1n) is 8.71. The zero-order valence-electron chi connectivity index (χ0n) is 12.5. The molecule has 0 radical (unpaired) electrons. The van der Waals surface area contributed by atoms with Gasteiger partial charge in [-0.05, 0) is 81.1 Å². The maximum Gasteiger partial charge on any atom is 0.220 e. The van der Waals surface area contributed by atoms with Crippen LogP contribution in [-0.2, 0) is 4.79 Å². The van der Waals surface area contributed by atoms with Gasteiger partial charge in [-0.2, -0.15) is 0 Å². The number of hydrogen-bond acceptors (Lipinski definition) is 2. The minimum atomic E-state index is 0.320. The van der Waals surface area contributed by atoms with Gasteiger partial charge in [0.2, 0.25) is 5.91 Å². The van der Waals surface area contributed by atoms with Crippen molar-refractivity contribution in [1.29, 1.82) is 0 Å². The van der Waals surface area contributed by atoms with Crippen LogP contribution in [0.1, 0.15) is 57.8 Å². The van der Waals surface area contributed by atoms with Crippen LogP contribution in [0.4, 0.5) is 0 Å². The molecule has 5 fully saturated rings. The van der Waals surface area contributed by atoms with Crippen molar-refractivity contribution >= 4 is 5.91 Å². The molecule has 0 aromatic carbocycles. The number of carbonyl (C=O) groups excluding carboxylic acids is 1. The summed E-state index contributed by atoms with van der Waals surface area (Å²) in [6, 6.07) is 0.523. The molecule has 5 aliphatic rings. The molecule has 1 amide bonds. The second-order valence-corrected chi connectivity index (χ2v) is 8.19. The largest absolute Gasteiger partial charge is 0.355 e. The van der Waals surface area contributed by atoms with Gasteiger partial charge in [-0.3, -0.25) is 4.79 Å². The summed E-state index contributed by atoms with van der Waals surface area (Å²) in [5.74, 6) is 3.17. The van der Waals surface area contributed by atoms with Gasteiger partial charge >= 0.3 is 0 Å². The molecule has 0 aromatic heterocycles. The second-order valence-electron chi connectivity index (χ2n) is 8.19. The molecule has 20 heavy (non-hydrogen) atoms. The predicted octanol–water partition coefficient (Wildman–Crippen LogP) is 2.46. The van der Waals surface area contributed by atoms with Crippen molar-refractivity contribution in [2.24, 2.45) is 23.2 Å². The summed E-state index contributed by atoms with van der Waals surface area (Å²) in [5, 5.41) is 6.65. The lowest BCUT2D eigenvalue weighted by atomic mass is 9.49. The highest BCUT2D eigenvalue weighted by atomic mass is 16.1. The van der Waals surface area contributed by atoms with Crippen LogP contribution in [0.25, 0.3) is 0 Å². The first-order chi connectivity index (χ1) is 9.71. The second kappa shape index (κ2) is 5.01. The average Bonchev–Trinajstić information content (AvgIpc) is 2.87. The van der Waals surface area contributed by atoms with Crippen LogP contribution in [0.15, 0.2) is 0 Å². The Bertz CT molecular complexity index is 351. The van der Waals surface area contributed by atoms with Gasteiger partial charge in [0.15, 0.2) is 0 Å². The summed E-state index contributed by atoms with van der Waals surface area (Å²) in [6.07, 6.45) is 11.7. The summed E-state index contributed by atoms with van der Waals surface area (Å²) in [6.45, 7) is 1.96. The summed E-state index contributed by atoms with van der Waals surface area (Å²) >= 11 is 0. The summed E-state index contributed by atoms with van der Waals surface area (Å²) < 4.78 is 0. The van der Waals surface area contributed by atoms with E-state index < -0.39 is 0 Å². The Labute approximate surface area is 122 Å². The third-order valence-electron chi connectivity index (χ3n) is 6.41. The molecular formula is C17H28N2O. The summed E-state index contributed by atoms with van der Waals surface area (Å²) in [4.78, 5) is 12.3. The molecule has 3 nitrogen and oxygen atoms in total. The lowest BCUT2D eigenvalue weighted by Crippen LogP contribution is -2.48. The van der Waals surface area contributed by atoms with Gasteiger partial charge in [0.1, 0.15) is 0 Å². The molecule has 1 atom stereocenters. The van der Waals surface area contributed by atoms with Crippen molar-refractivity contribution in [3.63, 3.8) is 0 Å². The Morgan fingerprint density at radius 3 is 2.30 bits per heavy atom. The maximum atomic E-state index is 12.3. The normalized spacial score (nSPS) is 45.8. The Morgan fingerprint density at radius 2 is 1.75 bits per heavy atom. The van der Waals surface area contributed by atoms with E-state index in [0.717, 1.165) is 37.3 Å². The maximum absolute atomic E-state index is 12.3. The van der Waals surface area contributed by atoms with Crippen LogP contribution < -0.4 is 10.6 Å².